The van der Waals surface area contributed by atoms with Gasteiger partial charge in [-0.3, -0.25) is 9.10 Å². The molecule has 8 heteroatoms. The fourth-order valence-corrected chi connectivity index (χ4v) is 4.25. The lowest BCUT2D eigenvalue weighted by atomic mass is 10.1. The molecule has 0 unspecified atom stereocenters. The number of hydrogen-bond acceptors (Lipinski definition) is 5. The molecule has 1 fully saturated rings. The Morgan fingerprint density at radius 1 is 1.33 bits per heavy atom. The minimum absolute atomic E-state index is 0.100. The van der Waals surface area contributed by atoms with Crippen molar-refractivity contribution >= 4 is 27.3 Å². The van der Waals surface area contributed by atoms with Crippen molar-refractivity contribution in [3.8, 4) is 0 Å². The average molecular weight is 349 g/mol. The molecule has 0 spiro atoms. The highest BCUT2D eigenvalue weighted by Gasteiger charge is 2.28. The van der Waals surface area contributed by atoms with Gasteiger partial charge >= 0.3 is 0 Å². The molecule has 1 aliphatic heterocycles. The second-order valence-electron chi connectivity index (χ2n) is 5.89. The molecule has 1 saturated heterocycles. The van der Waals surface area contributed by atoms with Crippen molar-refractivity contribution < 1.29 is 17.7 Å². The Labute approximate surface area is 140 Å². The van der Waals surface area contributed by atoms with Crippen molar-refractivity contribution in [3.63, 3.8) is 0 Å². The van der Waals surface area contributed by atoms with Crippen molar-refractivity contribution in [2.75, 3.05) is 21.9 Å². The van der Waals surface area contributed by atoms with Crippen LogP contribution in [0, 0.1) is 13.8 Å². The molecule has 7 nitrogen and oxygen atoms in total. The SMILES string of the molecule is Cc1cc(CC(=O)Nc2cc(N3CCCS3(=O)=O)ccc2C)no1. The summed E-state index contributed by atoms with van der Waals surface area (Å²) in [6.07, 6.45) is 0.715. The van der Waals surface area contributed by atoms with E-state index in [0.717, 1.165) is 5.56 Å². The van der Waals surface area contributed by atoms with E-state index in [2.05, 4.69) is 10.5 Å². The van der Waals surface area contributed by atoms with Gasteiger partial charge in [0.15, 0.2) is 0 Å². The molecule has 1 aromatic heterocycles. The van der Waals surface area contributed by atoms with Crippen LogP contribution in [0.5, 0.6) is 0 Å². The van der Waals surface area contributed by atoms with E-state index >= 15 is 0 Å². The lowest BCUT2D eigenvalue weighted by Gasteiger charge is -2.19. The third-order valence-corrected chi connectivity index (χ3v) is 5.77. The number of hydrogen-bond donors (Lipinski definition) is 1. The van der Waals surface area contributed by atoms with Crippen LogP contribution in [0.4, 0.5) is 11.4 Å². The number of aryl methyl sites for hydroxylation is 2. The van der Waals surface area contributed by atoms with E-state index in [1.54, 1.807) is 31.2 Å². The van der Waals surface area contributed by atoms with Gasteiger partial charge in [-0.25, -0.2) is 8.42 Å². The second-order valence-corrected chi connectivity index (χ2v) is 7.91. The first-order valence-electron chi connectivity index (χ1n) is 7.68. The third kappa shape index (κ3) is 3.43. The molecule has 1 amide bonds. The molecule has 0 aliphatic carbocycles. The van der Waals surface area contributed by atoms with Gasteiger partial charge in [0, 0.05) is 18.3 Å². The van der Waals surface area contributed by atoms with E-state index in [4.69, 9.17) is 4.52 Å². The number of sulfonamides is 1. The van der Waals surface area contributed by atoms with Crippen molar-refractivity contribution in [2.45, 2.75) is 26.7 Å². The van der Waals surface area contributed by atoms with Crippen LogP contribution in [-0.2, 0) is 21.2 Å². The van der Waals surface area contributed by atoms with Crippen LogP contribution in [0.25, 0.3) is 0 Å². The molecule has 0 atom stereocenters. The predicted molar refractivity (Wildman–Crippen MR) is 90.5 cm³/mol. The van der Waals surface area contributed by atoms with Gasteiger partial charge in [-0.2, -0.15) is 0 Å². The molecular formula is C16H19N3O4S. The Morgan fingerprint density at radius 2 is 2.12 bits per heavy atom. The summed E-state index contributed by atoms with van der Waals surface area (Å²) < 4.78 is 30.4. The summed E-state index contributed by atoms with van der Waals surface area (Å²) in [7, 11) is -3.25. The monoisotopic (exact) mass is 349 g/mol. The number of rotatable bonds is 4. The molecule has 0 bridgehead atoms. The van der Waals surface area contributed by atoms with Crippen LogP contribution >= 0.6 is 0 Å². The Hall–Kier alpha value is -2.35. The normalized spacial score (nSPS) is 16.3. The largest absolute Gasteiger partial charge is 0.361 e. The van der Waals surface area contributed by atoms with Crippen molar-refractivity contribution in [3.05, 3.63) is 41.3 Å². The molecule has 24 heavy (non-hydrogen) atoms. The van der Waals surface area contributed by atoms with Gasteiger partial charge in [0.1, 0.15) is 5.76 Å². The number of nitrogens with one attached hydrogen (secondary N) is 1. The zero-order valence-electron chi connectivity index (χ0n) is 13.6. The fraction of sp³-hybridized carbons (Fsp3) is 0.375. The van der Waals surface area contributed by atoms with Crippen LogP contribution < -0.4 is 9.62 Å². The predicted octanol–water partition coefficient (Wildman–Crippen LogP) is 2.01. The van der Waals surface area contributed by atoms with Crippen LogP contribution in [-0.4, -0.2) is 31.8 Å². The zero-order valence-corrected chi connectivity index (χ0v) is 14.4. The maximum atomic E-state index is 12.2. The van der Waals surface area contributed by atoms with Gasteiger partial charge in [-0.15, -0.1) is 0 Å². The van der Waals surface area contributed by atoms with E-state index in [0.29, 0.717) is 35.8 Å². The third-order valence-electron chi connectivity index (χ3n) is 3.90. The Bertz CT molecular complexity index is 873. The molecule has 1 aromatic carbocycles. The molecule has 2 heterocycles. The minimum atomic E-state index is -3.25. The molecular weight excluding hydrogens is 330 g/mol. The number of carbonyl (C=O) groups is 1. The Morgan fingerprint density at radius 3 is 2.75 bits per heavy atom. The quantitative estimate of drug-likeness (QED) is 0.911. The standard InChI is InChI=1S/C16H19N3O4S/c1-11-4-5-14(19-6-3-7-24(19,21)22)10-15(11)17-16(20)9-13-8-12(2)23-18-13/h4-5,8,10H,3,6-7,9H2,1-2H3,(H,17,20). The first-order valence-corrected chi connectivity index (χ1v) is 9.29. The highest BCUT2D eigenvalue weighted by molar-refractivity contribution is 7.93. The summed E-state index contributed by atoms with van der Waals surface area (Å²) in [5.74, 6) is 0.580. The van der Waals surface area contributed by atoms with Gasteiger partial charge in [-0.1, -0.05) is 11.2 Å². The highest BCUT2D eigenvalue weighted by atomic mass is 32.2. The van der Waals surface area contributed by atoms with Gasteiger partial charge in [0.25, 0.3) is 0 Å². The van der Waals surface area contributed by atoms with Gasteiger partial charge in [0.05, 0.1) is 23.6 Å². The molecule has 0 saturated carbocycles. The molecule has 2 aromatic rings. The summed E-state index contributed by atoms with van der Waals surface area (Å²) in [6.45, 7) is 4.09. The second kappa shape index (κ2) is 6.27. The summed E-state index contributed by atoms with van der Waals surface area (Å²) in [5.41, 5.74) is 2.59. The number of anilines is 2. The van der Waals surface area contributed by atoms with Crippen molar-refractivity contribution in [1.29, 1.82) is 0 Å². The van der Waals surface area contributed by atoms with Crippen LogP contribution in [0.15, 0.2) is 28.8 Å². The Kier molecular flexibility index (Phi) is 4.31. The first kappa shape index (κ1) is 16.5. The molecule has 128 valence electrons. The van der Waals surface area contributed by atoms with Crippen LogP contribution in [0.1, 0.15) is 23.4 Å². The minimum Gasteiger partial charge on any atom is -0.361 e. The van der Waals surface area contributed by atoms with E-state index in [1.807, 2.05) is 6.92 Å². The lowest BCUT2D eigenvalue weighted by molar-refractivity contribution is -0.115. The van der Waals surface area contributed by atoms with Crippen molar-refractivity contribution in [1.82, 2.24) is 5.16 Å². The number of amides is 1. The molecule has 3 rings (SSSR count). The zero-order chi connectivity index (χ0) is 17.3. The number of carbonyl (C=O) groups excluding carboxylic acids is 1. The summed E-state index contributed by atoms with van der Waals surface area (Å²) in [4.78, 5) is 12.2. The van der Waals surface area contributed by atoms with E-state index < -0.39 is 10.0 Å². The smallest absolute Gasteiger partial charge is 0.235 e. The summed E-state index contributed by atoms with van der Waals surface area (Å²) in [5, 5.41) is 6.61. The average Bonchev–Trinajstić information content (AvgIpc) is 3.06. The van der Waals surface area contributed by atoms with Crippen LogP contribution in [0.3, 0.4) is 0 Å². The molecule has 1 aliphatic rings. The topological polar surface area (TPSA) is 92.5 Å². The van der Waals surface area contributed by atoms with E-state index in [-0.39, 0.29) is 18.1 Å². The lowest BCUT2D eigenvalue weighted by Crippen LogP contribution is -2.25. The fourth-order valence-electron chi connectivity index (χ4n) is 2.69. The number of aromatic nitrogens is 1. The van der Waals surface area contributed by atoms with Crippen molar-refractivity contribution in [2.24, 2.45) is 0 Å². The maximum Gasteiger partial charge on any atom is 0.235 e. The highest BCUT2D eigenvalue weighted by Crippen LogP contribution is 2.28. The molecule has 0 radical (unpaired) electrons. The summed E-state index contributed by atoms with van der Waals surface area (Å²) >= 11 is 0. The van der Waals surface area contributed by atoms with Gasteiger partial charge in [-0.05, 0) is 38.0 Å². The number of nitrogens with zero attached hydrogens (tertiary/aromatic N) is 2. The maximum absolute atomic E-state index is 12.2. The summed E-state index contributed by atoms with van der Waals surface area (Å²) in [6, 6.07) is 6.97. The van der Waals surface area contributed by atoms with E-state index in [1.165, 1.54) is 4.31 Å². The van der Waals surface area contributed by atoms with Crippen LogP contribution in [0.2, 0.25) is 0 Å². The van der Waals surface area contributed by atoms with Gasteiger partial charge in [0.2, 0.25) is 15.9 Å². The number of benzene rings is 1. The van der Waals surface area contributed by atoms with Gasteiger partial charge < -0.3 is 9.84 Å². The molecule has 1 N–H and O–H groups in total. The first-order chi connectivity index (χ1) is 11.3. The Balaban J connectivity index is 1.78. The van der Waals surface area contributed by atoms with E-state index in [9.17, 15) is 13.2 Å².